The van der Waals surface area contributed by atoms with Gasteiger partial charge in [0.2, 0.25) is 0 Å². The Hall–Kier alpha value is -1.71. The summed E-state index contributed by atoms with van der Waals surface area (Å²) in [7, 11) is 1.64. The SMILES string of the molecule is CN(C=N)C(=N)c1ccccn1. The summed E-state index contributed by atoms with van der Waals surface area (Å²) in [5.74, 6) is 0.227. The van der Waals surface area contributed by atoms with Crippen LogP contribution < -0.4 is 0 Å². The number of pyridine rings is 1. The lowest BCUT2D eigenvalue weighted by Gasteiger charge is -2.11. The predicted molar refractivity (Wildman–Crippen MR) is 47.6 cm³/mol. The second kappa shape index (κ2) is 3.61. The van der Waals surface area contributed by atoms with E-state index in [1.165, 1.54) is 4.90 Å². The maximum absolute atomic E-state index is 7.55. The van der Waals surface area contributed by atoms with Crippen LogP contribution in [-0.2, 0) is 0 Å². The molecule has 0 aliphatic heterocycles. The summed E-state index contributed by atoms with van der Waals surface area (Å²) in [6.07, 6.45) is 2.71. The Balaban J connectivity index is 2.85. The molecule has 12 heavy (non-hydrogen) atoms. The van der Waals surface area contributed by atoms with Crippen molar-refractivity contribution in [1.82, 2.24) is 9.88 Å². The molecule has 1 rings (SSSR count). The summed E-state index contributed by atoms with van der Waals surface area (Å²) in [6.45, 7) is 0. The Labute approximate surface area is 70.9 Å². The highest BCUT2D eigenvalue weighted by Crippen LogP contribution is 1.96. The predicted octanol–water partition coefficient (Wildman–Crippen LogP) is 0.946. The van der Waals surface area contributed by atoms with E-state index < -0.39 is 0 Å². The number of hydrogen-bond donors (Lipinski definition) is 2. The minimum atomic E-state index is 0.227. The highest BCUT2D eigenvalue weighted by atomic mass is 15.1. The fourth-order valence-electron chi connectivity index (χ4n) is 0.748. The van der Waals surface area contributed by atoms with Crippen LogP contribution in [0.5, 0.6) is 0 Å². The van der Waals surface area contributed by atoms with Gasteiger partial charge in [0.05, 0.1) is 6.34 Å². The first-order chi connectivity index (χ1) is 5.75. The van der Waals surface area contributed by atoms with Gasteiger partial charge in [0.1, 0.15) is 5.69 Å². The molecule has 0 fully saturated rings. The van der Waals surface area contributed by atoms with Crippen molar-refractivity contribution in [2.24, 2.45) is 0 Å². The van der Waals surface area contributed by atoms with Crippen LogP contribution in [0.2, 0.25) is 0 Å². The molecule has 0 atom stereocenters. The normalized spacial score (nSPS) is 9.08. The molecule has 0 amide bonds. The van der Waals surface area contributed by atoms with Gasteiger partial charge in [0, 0.05) is 13.2 Å². The molecule has 4 nitrogen and oxygen atoms in total. The maximum atomic E-state index is 7.55. The van der Waals surface area contributed by atoms with Gasteiger partial charge in [-0.05, 0) is 12.1 Å². The minimum absolute atomic E-state index is 0.227. The van der Waals surface area contributed by atoms with Gasteiger partial charge in [-0.3, -0.25) is 15.8 Å². The number of amidine groups is 1. The smallest absolute Gasteiger partial charge is 0.151 e. The van der Waals surface area contributed by atoms with E-state index in [4.69, 9.17) is 10.8 Å². The third kappa shape index (κ3) is 1.66. The van der Waals surface area contributed by atoms with E-state index in [1.54, 1.807) is 25.4 Å². The molecule has 1 heterocycles. The van der Waals surface area contributed by atoms with E-state index in [2.05, 4.69) is 4.98 Å². The van der Waals surface area contributed by atoms with Crippen molar-refractivity contribution in [3.8, 4) is 0 Å². The molecule has 0 saturated heterocycles. The summed E-state index contributed by atoms with van der Waals surface area (Å²) < 4.78 is 0. The molecular formula is C8H10N4. The first-order valence-electron chi connectivity index (χ1n) is 3.49. The van der Waals surface area contributed by atoms with Crippen molar-refractivity contribution in [2.45, 2.75) is 0 Å². The Morgan fingerprint density at radius 3 is 2.83 bits per heavy atom. The lowest BCUT2D eigenvalue weighted by atomic mass is 10.3. The van der Waals surface area contributed by atoms with Crippen LogP contribution in [0.4, 0.5) is 0 Å². The van der Waals surface area contributed by atoms with E-state index in [9.17, 15) is 0 Å². The van der Waals surface area contributed by atoms with Crippen LogP contribution in [-0.4, -0.2) is 29.1 Å². The molecule has 2 N–H and O–H groups in total. The van der Waals surface area contributed by atoms with E-state index in [-0.39, 0.29) is 5.84 Å². The Morgan fingerprint density at radius 1 is 1.58 bits per heavy atom. The van der Waals surface area contributed by atoms with Crippen LogP contribution >= 0.6 is 0 Å². The Kier molecular flexibility index (Phi) is 2.53. The van der Waals surface area contributed by atoms with Crippen molar-refractivity contribution in [3.05, 3.63) is 30.1 Å². The zero-order valence-electron chi connectivity index (χ0n) is 6.78. The molecule has 62 valence electrons. The summed E-state index contributed by atoms with van der Waals surface area (Å²) in [6, 6.07) is 5.35. The molecule has 0 unspecified atom stereocenters. The molecule has 0 radical (unpaired) electrons. The number of nitrogens with zero attached hydrogens (tertiary/aromatic N) is 2. The van der Waals surface area contributed by atoms with Gasteiger partial charge in [0.15, 0.2) is 5.84 Å². The number of aromatic nitrogens is 1. The van der Waals surface area contributed by atoms with Crippen LogP contribution in [0, 0.1) is 10.8 Å². The van der Waals surface area contributed by atoms with Gasteiger partial charge in [0.25, 0.3) is 0 Å². The third-order valence-electron chi connectivity index (χ3n) is 1.45. The lowest BCUT2D eigenvalue weighted by Crippen LogP contribution is -2.25. The van der Waals surface area contributed by atoms with Crippen molar-refractivity contribution < 1.29 is 0 Å². The second-order valence-electron chi connectivity index (χ2n) is 2.30. The average molecular weight is 162 g/mol. The van der Waals surface area contributed by atoms with Crippen molar-refractivity contribution in [1.29, 1.82) is 10.8 Å². The highest BCUT2D eigenvalue weighted by Gasteiger charge is 2.04. The lowest BCUT2D eigenvalue weighted by molar-refractivity contribution is 0.760. The summed E-state index contributed by atoms with van der Waals surface area (Å²) in [4.78, 5) is 5.37. The van der Waals surface area contributed by atoms with Crippen LogP contribution in [0.15, 0.2) is 24.4 Å². The molecular weight excluding hydrogens is 152 g/mol. The van der Waals surface area contributed by atoms with E-state index >= 15 is 0 Å². The molecule has 0 aliphatic rings. The van der Waals surface area contributed by atoms with Gasteiger partial charge in [-0.1, -0.05) is 6.07 Å². The van der Waals surface area contributed by atoms with E-state index in [0.717, 1.165) is 6.34 Å². The first-order valence-corrected chi connectivity index (χ1v) is 3.49. The van der Waals surface area contributed by atoms with Gasteiger partial charge >= 0.3 is 0 Å². The highest BCUT2D eigenvalue weighted by molar-refractivity contribution is 6.00. The van der Waals surface area contributed by atoms with Crippen LogP contribution in [0.1, 0.15) is 5.69 Å². The van der Waals surface area contributed by atoms with E-state index in [0.29, 0.717) is 5.69 Å². The van der Waals surface area contributed by atoms with Crippen LogP contribution in [0.3, 0.4) is 0 Å². The van der Waals surface area contributed by atoms with Gasteiger partial charge < -0.3 is 4.90 Å². The molecule has 0 aromatic carbocycles. The minimum Gasteiger partial charge on any atom is -0.319 e. The standard InChI is InChI=1S/C8H10N4/c1-12(6-9)8(10)7-4-2-3-5-11-7/h2-6,9-10H,1H3. The van der Waals surface area contributed by atoms with Crippen molar-refractivity contribution in [2.75, 3.05) is 7.05 Å². The zero-order valence-corrected chi connectivity index (χ0v) is 6.78. The van der Waals surface area contributed by atoms with Crippen molar-refractivity contribution >= 4 is 12.2 Å². The monoisotopic (exact) mass is 162 g/mol. The van der Waals surface area contributed by atoms with Gasteiger partial charge in [-0.2, -0.15) is 0 Å². The molecule has 0 spiro atoms. The molecule has 0 aliphatic carbocycles. The summed E-state index contributed by atoms with van der Waals surface area (Å²) in [5, 5.41) is 14.5. The fraction of sp³-hybridized carbons (Fsp3) is 0.125. The van der Waals surface area contributed by atoms with E-state index in [1.807, 2.05) is 6.07 Å². The molecule has 1 aromatic rings. The average Bonchev–Trinajstić information content (AvgIpc) is 2.17. The first kappa shape index (κ1) is 8.39. The van der Waals surface area contributed by atoms with Gasteiger partial charge in [-0.25, -0.2) is 0 Å². The number of rotatable bonds is 2. The summed E-state index contributed by atoms with van der Waals surface area (Å²) in [5.41, 5.74) is 0.573. The molecule has 4 heteroatoms. The number of nitrogens with one attached hydrogen (secondary N) is 2. The van der Waals surface area contributed by atoms with Crippen LogP contribution in [0.25, 0.3) is 0 Å². The molecule has 1 aromatic heterocycles. The molecule has 0 saturated carbocycles. The maximum Gasteiger partial charge on any atom is 0.151 e. The Bertz CT molecular complexity index is 280. The molecule has 0 bridgehead atoms. The number of hydrogen-bond acceptors (Lipinski definition) is 3. The van der Waals surface area contributed by atoms with Gasteiger partial charge in [-0.15, -0.1) is 0 Å². The summed E-state index contributed by atoms with van der Waals surface area (Å²) >= 11 is 0. The zero-order chi connectivity index (χ0) is 8.97. The second-order valence-corrected chi connectivity index (χ2v) is 2.30. The van der Waals surface area contributed by atoms with Crippen molar-refractivity contribution in [3.63, 3.8) is 0 Å². The Morgan fingerprint density at radius 2 is 2.33 bits per heavy atom. The quantitative estimate of drug-likeness (QED) is 0.502. The largest absolute Gasteiger partial charge is 0.319 e. The fourth-order valence-corrected chi connectivity index (χ4v) is 0.748. The topological polar surface area (TPSA) is 63.8 Å². The third-order valence-corrected chi connectivity index (χ3v) is 1.45.